The van der Waals surface area contributed by atoms with Crippen molar-refractivity contribution < 1.29 is 35.3 Å². The summed E-state index contributed by atoms with van der Waals surface area (Å²) >= 11 is 1.06. The van der Waals surface area contributed by atoms with Gasteiger partial charge in [-0.3, -0.25) is 0 Å². The average molecular weight is 395 g/mol. The fourth-order valence-corrected chi connectivity index (χ4v) is 3.16. The van der Waals surface area contributed by atoms with Crippen LogP contribution in [0.2, 0.25) is 0 Å². The van der Waals surface area contributed by atoms with E-state index in [1.807, 2.05) is 0 Å². The lowest BCUT2D eigenvalue weighted by Gasteiger charge is -2.09. The minimum Gasteiger partial charge on any atom is -0.462 e. The largest absolute Gasteiger partial charge is 0.534 e. The van der Waals surface area contributed by atoms with Gasteiger partial charge in [-0.05, 0) is 38.1 Å². The molecule has 0 aliphatic carbocycles. The van der Waals surface area contributed by atoms with Gasteiger partial charge >= 0.3 is 21.6 Å². The number of nitrogens with zero attached hydrogens (tertiary/aromatic N) is 1. The maximum absolute atomic E-state index is 12.3. The molecular formula is C14H12F3NO5S2. The summed E-state index contributed by atoms with van der Waals surface area (Å²) in [6.07, 6.45) is 0. The summed E-state index contributed by atoms with van der Waals surface area (Å²) in [5.74, 6) is -1.00. The van der Waals surface area contributed by atoms with Gasteiger partial charge in [0.05, 0.1) is 12.3 Å². The van der Waals surface area contributed by atoms with Crippen LogP contribution in [0.1, 0.15) is 22.3 Å². The van der Waals surface area contributed by atoms with Crippen LogP contribution in [0.3, 0.4) is 0 Å². The van der Waals surface area contributed by atoms with Crippen LogP contribution in [-0.4, -0.2) is 31.5 Å². The Balaban J connectivity index is 2.24. The molecule has 0 radical (unpaired) electrons. The Morgan fingerprint density at radius 3 is 2.36 bits per heavy atom. The molecule has 0 saturated heterocycles. The van der Waals surface area contributed by atoms with Gasteiger partial charge in [-0.25, -0.2) is 9.78 Å². The predicted octanol–water partition coefficient (Wildman–Crippen LogP) is 3.52. The molecule has 1 aromatic heterocycles. The Labute approximate surface area is 145 Å². The number of benzene rings is 1. The van der Waals surface area contributed by atoms with Gasteiger partial charge in [0.15, 0.2) is 0 Å². The monoisotopic (exact) mass is 395 g/mol. The second-order valence-electron chi connectivity index (χ2n) is 4.66. The highest BCUT2D eigenvalue weighted by molar-refractivity contribution is 7.88. The molecule has 1 heterocycles. The lowest BCUT2D eigenvalue weighted by atomic mass is 10.2. The number of halogens is 3. The van der Waals surface area contributed by atoms with Crippen LogP contribution in [0.5, 0.6) is 5.75 Å². The van der Waals surface area contributed by atoms with Crippen LogP contribution in [0.15, 0.2) is 24.3 Å². The highest BCUT2D eigenvalue weighted by Gasteiger charge is 2.48. The number of thiazole rings is 1. The maximum Gasteiger partial charge on any atom is 0.534 e. The molecule has 0 fully saturated rings. The van der Waals surface area contributed by atoms with Crippen molar-refractivity contribution in [3.05, 3.63) is 34.8 Å². The fourth-order valence-electron chi connectivity index (χ4n) is 1.73. The van der Waals surface area contributed by atoms with Crippen molar-refractivity contribution in [1.82, 2.24) is 4.98 Å². The van der Waals surface area contributed by atoms with Gasteiger partial charge in [-0.2, -0.15) is 21.6 Å². The maximum atomic E-state index is 12.3. The smallest absolute Gasteiger partial charge is 0.462 e. The van der Waals surface area contributed by atoms with Crippen molar-refractivity contribution in [3.63, 3.8) is 0 Å². The van der Waals surface area contributed by atoms with Gasteiger partial charge < -0.3 is 8.92 Å². The topological polar surface area (TPSA) is 82.6 Å². The van der Waals surface area contributed by atoms with Crippen molar-refractivity contribution in [2.75, 3.05) is 6.61 Å². The number of hydrogen-bond acceptors (Lipinski definition) is 7. The summed E-state index contributed by atoms with van der Waals surface area (Å²) in [4.78, 5) is 16.3. The quantitative estimate of drug-likeness (QED) is 0.438. The first kappa shape index (κ1) is 19.2. The van der Waals surface area contributed by atoms with E-state index >= 15 is 0 Å². The van der Waals surface area contributed by atoms with Gasteiger partial charge in [0.25, 0.3) is 0 Å². The van der Waals surface area contributed by atoms with Crippen LogP contribution < -0.4 is 4.18 Å². The first-order chi connectivity index (χ1) is 11.5. The number of rotatable bonds is 5. The second-order valence-corrected chi connectivity index (χ2v) is 7.20. The summed E-state index contributed by atoms with van der Waals surface area (Å²) in [6, 6.07) is 4.82. The van der Waals surface area contributed by atoms with Gasteiger partial charge in [0.1, 0.15) is 15.6 Å². The van der Waals surface area contributed by atoms with Crippen LogP contribution >= 0.6 is 11.3 Å². The summed E-state index contributed by atoms with van der Waals surface area (Å²) in [6.45, 7) is 3.51. The molecule has 0 spiro atoms. The molecular weight excluding hydrogens is 383 g/mol. The molecule has 0 aliphatic heterocycles. The lowest BCUT2D eigenvalue weighted by molar-refractivity contribution is -0.0500. The summed E-state index contributed by atoms with van der Waals surface area (Å²) in [5, 5.41) is 0.436. The highest BCUT2D eigenvalue weighted by atomic mass is 32.2. The number of ether oxygens (including phenoxy) is 1. The number of aromatic nitrogens is 1. The minimum absolute atomic E-state index is 0.214. The Morgan fingerprint density at radius 2 is 1.84 bits per heavy atom. The molecule has 2 rings (SSSR count). The minimum atomic E-state index is -5.72. The highest BCUT2D eigenvalue weighted by Crippen LogP contribution is 2.31. The zero-order valence-corrected chi connectivity index (χ0v) is 14.6. The van der Waals surface area contributed by atoms with E-state index in [2.05, 4.69) is 9.17 Å². The SMILES string of the molecule is CCOC(=O)c1sc(-c2ccc(OS(=O)(=O)C(F)(F)F)cc2)nc1C. The summed E-state index contributed by atoms with van der Waals surface area (Å²) in [7, 11) is -5.72. The Morgan fingerprint density at radius 1 is 1.24 bits per heavy atom. The third-order valence-corrected chi connectivity index (χ3v) is 5.01. The molecule has 6 nitrogen and oxygen atoms in total. The van der Waals surface area contributed by atoms with E-state index < -0.39 is 27.3 Å². The fraction of sp³-hybridized carbons (Fsp3) is 0.286. The number of carbonyl (C=O) groups is 1. The van der Waals surface area contributed by atoms with Gasteiger partial charge in [-0.1, -0.05) is 0 Å². The average Bonchev–Trinajstić information content (AvgIpc) is 2.89. The molecule has 2 aromatic rings. The molecule has 11 heteroatoms. The van der Waals surface area contributed by atoms with E-state index in [4.69, 9.17) is 4.74 Å². The van der Waals surface area contributed by atoms with E-state index in [0.717, 1.165) is 23.5 Å². The molecule has 25 heavy (non-hydrogen) atoms. The van der Waals surface area contributed by atoms with Crippen LogP contribution in [-0.2, 0) is 14.9 Å². The van der Waals surface area contributed by atoms with Crippen molar-refractivity contribution in [2.24, 2.45) is 0 Å². The number of hydrogen-bond donors (Lipinski definition) is 0. The Hall–Kier alpha value is -2.14. The molecule has 0 atom stereocenters. The van der Waals surface area contributed by atoms with E-state index in [1.54, 1.807) is 13.8 Å². The predicted molar refractivity (Wildman–Crippen MR) is 83.8 cm³/mol. The van der Waals surface area contributed by atoms with Gasteiger partial charge in [0, 0.05) is 5.56 Å². The molecule has 0 saturated carbocycles. The van der Waals surface area contributed by atoms with Crippen LogP contribution in [0.4, 0.5) is 13.2 Å². The summed E-state index contributed by atoms with van der Waals surface area (Å²) < 4.78 is 67.7. The van der Waals surface area contributed by atoms with Gasteiger partial charge in [0.2, 0.25) is 0 Å². The van der Waals surface area contributed by atoms with Crippen molar-refractivity contribution in [2.45, 2.75) is 19.4 Å². The number of carbonyl (C=O) groups excluding carboxylic acids is 1. The Kier molecular flexibility index (Phi) is 5.37. The third kappa shape index (κ3) is 4.28. The molecule has 0 bridgehead atoms. The molecule has 0 N–H and O–H groups in total. The second kappa shape index (κ2) is 7.00. The van der Waals surface area contributed by atoms with E-state index in [9.17, 15) is 26.4 Å². The molecule has 1 aromatic carbocycles. The lowest BCUT2D eigenvalue weighted by Crippen LogP contribution is -2.28. The third-order valence-electron chi connectivity index (χ3n) is 2.85. The van der Waals surface area contributed by atoms with Crippen LogP contribution in [0.25, 0.3) is 10.6 Å². The number of alkyl halides is 3. The first-order valence-electron chi connectivity index (χ1n) is 6.81. The molecule has 0 amide bonds. The number of esters is 1. The van der Waals surface area contributed by atoms with Gasteiger partial charge in [-0.15, -0.1) is 11.3 Å². The van der Waals surface area contributed by atoms with Crippen LogP contribution in [0, 0.1) is 6.92 Å². The zero-order valence-electron chi connectivity index (χ0n) is 13.0. The molecule has 0 aliphatic rings. The van der Waals surface area contributed by atoms with E-state index in [0.29, 0.717) is 21.1 Å². The van der Waals surface area contributed by atoms with Crippen molar-refractivity contribution in [3.8, 4) is 16.3 Å². The van der Waals surface area contributed by atoms with E-state index in [-0.39, 0.29) is 6.61 Å². The molecule has 136 valence electrons. The van der Waals surface area contributed by atoms with Crippen molar-refractivity contribution in [1.29, 1.82) is 0 Å². The van der Waals surface area contributed by atoms with Crippen molar-refractivity contribution >= 4 is 27.4 Å². The Bertz CT molecular complexity index is 873. The first-order valence-corrected chi connectivity index (χ1v) is 9.03. The van der Waals surface area contributed by atoms with E-state index in [1.165, 1.54) is 12.1 Å². The summed E-state index contributed by atoms with van der Waals surface area (Å²) in [5.41, 5.74) is -4.56. The normalized spacial score (nSPS) is 12.0. The number of aryl methyl sites for hydroxylation is 1. The zero-order chi connectivity index (χ0) is 18.8. The standard InChI is InChI=1S/C14H12F3NO5S2/c1-3-22-13(19)11-8(2)18-12(24-11)9-4-6-10(7-5-9)23-25(20,21)14(15,16)17/h4-7H,3H2,1-2H3. The molecule has 0 unspecified atom stereocenters.